The third-order valence-electron chi connectivity index (χ3n) is 6.93. The number of benzene rings is 4. The molecule has 0 amide bonds. The van der Waals surface area contributed by atoms with Crippen molar-refractivity contribution in [3.63, 3.8) is 0 Å². The van der Waals surface area contributed by atoms with Gasteiger partial charge in [-0.1, -0.05) is 44.0 Å². The largest absolute Gasteiger partial charge is 0.429 e. The van der Waals surface area contributed by atoms with E-state index in [0.717, 1.165) is 73.7 Å². The zero-order chi connectivity index (χ0) is 30.6. The zero-order valence-electron chi connectivity index (χ0n) is 23.1. The molecule has 0 aliphatic carbocycles. The molecule has 5 rings (SSSR count). The smallest absolute Gasteiger partial charge is 0.426 e. The second-order valence-corrected chi connectivity index (χ2v) is 10.0. The van der Waals surface area contributed by atoms with Crippen LogP contribution in [0.3, 0.4) is 0 Å². The van der Waals surface area contributed by atoms with Crippen LogP contribution >= 0.6 is 0 Å². The van der Waals surface area contributed by atoms with Crippen LogP contribution in [0.15, 0.2) is 91.3 Å². The van der Waals surface area contributed by atoms with Gasteiger partial charge in [0, 0.05) is 29.6 Å². The molecular weight excluding hydrogens is 566 g/mol. The molecule has 0 N–H and O–H groups in total. The molecule has 1 heterocycles. The number of aromatic nitrogens is 2. The molecule has 4 aromatic carbocycles. The minimum Gasteiger partial charge on any atom is -0.429 e. The van der Waals surface area contributed by atoms with Crippen molar-refractivity contribution in [3.8, 4) is 39.4 Å². The normalized spacial score (nSPS) is 11.5. The first kappa shape index (κ1) is 29.8. The van der Waals surface area contributed by atoms with Crippen LogP contribution in [0.25, 0.3) is 33.6 Å². The van der Waals surface area contributed by atoms with Gasteiger partial charge in [-0.25, -0.2) is 27.5 Å². The molecule has 0 aliphatic heterocycles. The van der Waals surface area contributed by atoms with Crippen LogP contribution in [-0.4, -0.2) is 9.97 Å². The van der Waals surface area contributed by atoms with E-state index >= 15 is 0 Å². The molecule has 0 fully saturated rings. The van der Waals surface area contributed by atoms with E-state index in [0.29, 0.717) is 11.4 Å². The Balaban J connectivity index is 1.30. The Kier molecular flexibility index (Phi) is 8.80. The van der Waals surface area contributed by atoms with Crippen molar-refractivity contribution in [2.45, 2.75) is 38.7 Å². The number of hydrogen-bond acceptors (Lipinski definition) is 3. The van der Waals surface area contributed by atoms with Gasteiger partial charge in [0.25, 0.3) is 0 Å². The van der Waals surface area contributed by atoms with Gasteiger partial charge in [0.1, 0.15) is 29.0 Å². The van der Waals surface area contributed by atoms with Crippen LogP contribution in [0.5, 0.6) is 5.75 Å². The Morgan fingerprint density at radius 1 is 0.674 bits per heavy atom. The summed E-state index contributed by atoms with van der Waals surface area (Å²) in [6.07, 6.45) is 3.77. The predicted octanol–water partition coefficient (Wildman–Crippen LogP) is 9.89. The SMILES string of the molecule is CCCCCc1cnc(-c2ccc(C(F)(F)Oc3ccc(-c4cc(F)c(-c5ccc(F)cc5)c(F)c4)c(F)c3)cc2)nc1. The minimum atomic E-state index is -3.81. The summed E-state index contributed by atoms with van der Waals surface area (Å²) in [7, 11) is 0. The average Bonchev–Trinajstić information content (AvgIpc) is 2.98. The van der Waals surface area contributed by atoms with E-state index < -0.39 is 46.3 Å². The summed E-state index contributed by atoms with van der Waals surface area (Å²) >= 11 is 0. The number of unbranched alkanes of at least 4 members (excludes halogenated alkanes) is 2. The fourth-order valence-corrected chi connectivity index (χ4v) is 4.65. The molecule has 1 aromatic heterocycles. The fraction of sp³-hybridized carbons (Fsp3) is 0.176. The molecule has 5 aromatic rings. The monoisotopic (exact) mass is 592 g/mol. The first-order valence-electron chi connectivity index (χ1n) is 13.7. The molecule has 0 radical (unpaired) electrons. The number of nitrogens with zero attached hydrogens (tertiary/aromatic N) is 2. The summed E-state index contributed by atoms with van der Waals surface area (Å²) in [5, 5.41) is 0. The van der Waals surface area contributed by atoms with Crippen molar-refractivity contribution in [1.29, 1.82) is 0 Å². The molecular formula is C34H26F6N2O. The van der Waals surface area contributed by atoms with E-state index in [4.69, 9.17) is 4.74 Å². The second kappa shape index (κ2) is 12.7. The molecule has 0 saturated heterocycles. The number of alkyl halides is 2. The van der Waals surface area contributed by atoms with Gasteiger partial charge in [0.15, 0.2) is 5.82 Å². The molecule has 0 bridgehead atoms. The number of ether oxygens (including phenoxy) is 1. The lowest BCUT2D eigenvalue weighted by Crippen LogP contribution is -2.21. The summed E-state index contributed by atoms with van der Waals surface area (Å²) in [5.74, 6) is -3.67. The number of aryl methyl sites for hydroxylation is 1. The van der Waals surface area contributed by atoms with Crippen molar-refractivity contribution < 1.29 is 31.1 Å². The number of rotatable bonds is 10. The Hall–Kier alpha value is -4.66. The summed E-state index contributed by atoms with van der Waals surface area (Å²) in [5.41, 5.74) is 0.399. The molecule has 0 unspecified atom stereocenters. The summed E-state index contributed by atoms with van der Waals surface area (Å²) < 4.78 is 92.6. The van der Waals surface area contributed by atoms with Gasteiger partial charge in [-0.2, -0.15) is 8.78 Å². The quantitative estimate of drug-likeness (QED) is 0.120. The Morgan fingerprint density at radius 2 is 1.30 bits per heavy atom. The van der Waals surface area contributed by atoms with Gasteiger partial charge in [-0.3, -0.25) is 0 Å². The van der Waals surface area contributed by atoms with E-state index in [9.17, 15) is 26.3 Å². The molecule has 9 heteroatoms. The van der Waals surface area contributed by atoms with Crippen LogP contribution in [0, 0.1) is 23.3 Å². The van der Waals surface area contributed by atoms with Crippen molar-refractivity contribution in [2.24, 2.45) is 0 Å². The maximum Gasteiger partial charge on any atom is 0.426 e. The molecule has 0 atom stereocenters. The highest BCUT2D eigenvalue weighted by Gasteiger charge is 2.35. The van der Waals surface area contributed by atoms with Gasteiger partial charge in [-0.15, -0.1) is 0 Å². The van der Waals surface area contributed by atoms with E-state index in [-0.39, 0.29) is 16.7 Å². The van der Waals surface area contributed by atoms with Gasteiger partial charge in [0.05, 0.1) is 11.1 Å². The van der Waals surface area contributed by atoms with Crippen LogP contribution in [0.4, 0.5) is 26.3 Å². The summed E-state index contributed by atoms with van der Waals surface area (Å²) in [6.45, 7) is 2.12. The molecule has 0 saturated carbocycles. The van der Waals surface area contributed by atoms with Gasteiger partial charge < -0.3 is 4.74 Å². The molecule has 3 nitrogen and oxygen atoms in total. The molecule has 220 valence electrons. The van der Waals surface area contributed by atoms with Crippen LogP contribution in [0.1, 0.15) is 37.3 Å². The zero-order valence-corrected chi connectivity index (χ0v) is 23.1. The first-order chi connectivity index (χ1) is 20.6. The van der Waals surface area contributed by atoms with Crippen LogP contribution < -0.4 is 4.74 Å². The van der Waals surface area contributed by atoms with E-state index in [1.165, 1.54) is 36.4 Å². The summed E-state index contributed by atoms with van der Waals surface area (Å²) in [4.78, 5) is 8.66. The van der Waals surface area contributed by atoms with E-state index in [1.54, 1.807) is 12.4 Å². The summed E-state index contributed by atoms with van der Waals surface area (Å²) in [6, 6.07) is 14.5. The minimum absolute atomic E-state index is 0.102. The highest BCUT2D eigenvalue weighted by atomic mass is 19.3. The highest BCUT2D eigenvalue weighted by Crippen LogP contribution is 2.36. The van der Waals surface area contributed by atoms with Crippen molar-refractivity contribution >= 4 is 0 Å². The Bertz CT molecular complexity index is 1680. The maximum absolute atomic E-state index is 15.0. The van der Waals surface area contributed by atoms with E-state index in [1.807, 2.05) is 0 Å². The topological polar surface area (TPSA) is 35.0 Å². The average molecular weight is 593 g/mol. The Labute approximate surface area is 244 Å². The lowest BCUT2D eigenvalue weighted by Gasteiger charge is -2.19. The molecule has 0 aliphatic rings. The lowest BCUT2D eigenvalue weighted by atomic mass is 9.98. The Morgan fingerprint density at radius 3 is 1.91 bits per heavy atom. The first-order valence-corrected chi connectivity index (χ1v) is 13.7. The number of hydrogen-bond donors (Lipinski definition) is 0. The third-order valence-corrected chi connectivity index (χ3v) is 6.93. The van der Waals surface area contributed by atoms with Crippen molar-refractivity contribution in [3.05, 3.63) is 126 Å². The van der Waals surface area contributed by atoms with E-state index in [2.05, 4.69) is 16.9 Å². The fourth-order valence-electron chi connectivity index (χ4n) is 4.65. The molecule has 43 heavy (non-hydrogen) atoms. The maximum atomic E-state index is 15.0. The number of halogens is 6. The highest BCUT2D eigenvalue weighted by molar-refractivity contribution is 5.72. The lowest BCUT2D eigenvalue weighted by molar-refractivity contribution is -0.185. The third kappa shape index (κ3) is 6.88. The second-order valence-electron chi connectivity index (χ2n) is 10.0. The predicted molar refractivity (Wildman–Crippen MR) is 152 cm³/mol. The molecule has 0 spiro atoms. The van der Waals surface area contributed by atoms with Crippen molar-refractivity contribution in [1.82, 2.24) is 9.97 Å². The van der Waals surface area contributed by atoms with Gasteiger partial charge >= 0.3 is 6.11 Å². The standard InChI is InChI=1S/C34H26F6N2O/c1-2-3-4-5-21-19-41-33(42-20-21)23-6-10-25(11-7-23)34(39,40)43-27-14-15-28(29(36)18-27)24-16-30(37)32(31(38)17-24)22-8-12-26(35)13-9-22/h6-20H,2-5H2,1H3. The van der Waals surface area contributed by atoms with Gasteiger partial charge in [-0.05, 0) is 78.1 Å². The van der Waals surface area contributed by atoms with Crippen molar-refractivity contribution in [2.75, 3.05) is 0 Å². The van der Waals surface area contributed by atoms with Gasteiger partial charge in [0.2, 0.25) is 0 Å². The van der Waals surface area contributed by atoms with Crippen LogP contribution in [-0.2, 0) is 12.5 Å². The van der Waals surface area contributed by atoms with Crippen LogP contribution in [0.2, 0.25) is 0 Å².